The molecule has 2 aromatic heterocycles. The van der Waals surface area contributed by atoms with E-state index in [9.17, 15) is 4.79 Å². The lowest BCUT2D eigenvalue weighted by Gasteiger charge is -2.40. The maximum absolute atomic E-state index is 13.2. The van der Waals surface area contributed by atoms with E-state index < -0.39 is 5.41 Å². The summed E-state index contributed by atoms with van der Waals surface area (Å²) in [6.07, 6.45) is 14.5. The summed E-state index contributed by atoms with van der Waals surface area (Å²) in [4.78, 5) is 25.4. The standard InChI is InChI=1S/C26H26N6O/c1-18(5-6-20(14-27)21-4-2-13-29-15-21)32-24(33)26(11-3-12-26)23-9-7-19(8-10-23)22-16-30-25(28)31-17-22/h2,4-10,13-17H,1,3,11-12,27H2,(H,32,33)(H2,28,30,31)/b6-5-,20-14+. The molecule has 1 saturated carbocycles. The van der Waals surface area contributed by atoms with E-state index in [1.54, 1.807) is 30.9 Å². The van der Waals surface area contributed by atoms with Crippen molar-refractivity contribution in [1.29, 1.82) is 0 Å². The van der Waals surface area contributed by atoms with Crippen LogP contribution < -0.4 is 16.8 Å². The van der Waals surface area contributed by atoms with Crippen LogP contribution in [0.2, 0.25) is 0 Å². The van der Waals surface area contributed by atoms with Crippen LogP contribution in [0.3, 0.4) is 0 Å². The van der Waals surface area contributed by atoms with Gasteiger partial charge >= 0.3 is 0 Å². The first kappa shape index (κ1) is 22.0. The van der Waals surface area contributed by atoms with Crippen LogP contribution in [0.4, 0.5) is 5.95 Å². The molecular formula is C26H26N6O. The summed E-state index contributed by atoms with van der Waals surface area (Å²) >= 11 is 0. The molecule has 1 aromatic carbocycles. The molecule has 4 rings (SSSR count). The van der Waals surface area contributed by atoms with Gasteiger partial charge in [-0.25, -0.2) is 9.97 Å². The lowest BCUT2D eigenvalue weighted by Crippen LogP contribution is -2.48. The Hall–Kier alpha value is -4.26. The molecule has 2 heterocycles. The maximum Gasteiger partial charge on any atom is 0.235 e. The number of carbonyl (C=O) groups is 1. The number of allylic oxidation sites excluding steroid dienone is 3. The molecule has 0 saturated heterocycles. The van der Waals surface area contributed by atoms with Gasteiger partial charge in [-0.1, -0.05) is 49.4 Å². The number of hydrogen-bond donors (Lipinski definition) is 3. The zero-order valence-corrected chi connectivity index (χ0v) is 18.2. The van der Waals surface area contributed by atoms with Crippen molar-refractivity contribution in [3.63, 3.8) is 0 Å². The summed E-state index contributed by atoms with van der Waals surface area (Å²) in [6, 6.07) is 11.7. The molecule has 5 N–H and O–H groups in total. The van der Waals surface area contributed by atoms with E-state index in [-0.39, 0.29) is 11.9 Å². The third kappa shape index (κ3) is 4.67. The second-order valence-electron chi connectivity index (χ2n) is 8.02. The van der Waals surface area contributed by atoms with Crippen molar-refractivity contribution in [2.24, 2.45) is 5.73 Å². The van der Waals surface area contributed by atoms with Crippen molar-refractivity contribution in [2.45, 2.75) is 24.7 Å². The number of nitrogen functional groups attached to an aromatic ring is 1. The fourth-order valence-electron chi connectivity index (χ4n) is 3.92. The molecule has 7 nitrogen and oxygen atoms in total. The van der Waals surface area contributed by atoms with Gasteiger partial charge in [-0.2, -0.15) is 0 Å². The number of nitrogens with zero attached hydrogens (tertiary/aromatic N) is 3. The molecule has 0 spiro atoms. The number of benzene rings is 1. The van der Waals surface area contributed by atoms with Crippen LogP contribution in [-0.2, 0) is 10.2 Å². The first-order chi connectivity index (χ1) is 16.0. The number of nitrogens with two attached hydrogens (primary N) is 2. The summed E-state index contributed by atoms with van der Waals surface area (Å²) in [5.74, 6) is 0.191. The summed E-state index contributed by atoms with van der Waals surface area (Å²) in [5.41, 5.74) is 15.8. The second kappa shape index (κ2) is 9.48. The molecule has 0 unspecified atom stereocenters. The van der Waals surface area contributed by atoms with Crippen molar-refractivity contribution in [3.05, 3.63) is 103 Å². The van der Waals surface area contributed by atoms with Gasteiger partial charge in [0.15, 0.2) is 0 Å². The monoisotopic (exact) mass is 438 g/mol. The topological polar surface area (TPSA) is 120 Å². The minimum Gasteiger partial charge on any atom is -0.404 e. The highest BCUT2D eigenvalue weighted by Crippen LogP contribution is 2.44. The number of pyridine rings is 1. The highest BCUT2D eigenvalue weighted by molar-refractivity contribution is 5.91. The Bertz CT molecular complexity index is 1190. The summed E-state index contributed by atoms with van der Waals surface area (Å²) in [5, 5.41) is 2.97. The number of amides is 1. The number of rotatable bonds is 7. The van der Waals surface area contributed by atoms with Crippen molar-refractivity contribution >= 4 is 17.4 Å². The van der Waals surface area contributed by atoms with Gasteiger partial charge in [0.1, 0.15) is 0 Å². The molecule has 1 aliphatic carbocycles. The lowest BCUT2D eigenvalue weighted by atomic mass is 9.63. The number of nitrogens with one attached hydrogen (secondary N) is 1. The molecule has 7 heteroatoms. The molecular weight excluding hydrogens is 412 g/mol. The minimum atomic E-state index is -0.553. The van der Waals surface area contributed by atoms with Gasteiger partial charge in [0.25, 0.3) is 0 Å². The Kier molecular flexibility index (Phi) is 6.31. The Morgan fingerprint density at radius 3 is 2.33 bits per heavy atom. The molecule has 1 aliphatic rings. The van der Waals surface area contributed by atoms with E-state index >= 15 is 0 Å². The van der Waals surface area contributed by atoms with Gasteiger partial charge < -0.3 is 16.8 Å². The SMILES string of the molecule is C=C(/C=C\C(=C/N)c1cccnc1)NC(=O)C1(c2ccc(-c3cnc(N)nc3)cc2)CCC1. The normalized spacial score (nSPS) is 15.1. The van der Waals surface area contributed by atoms with Crippen LogP contribution in [0.25, 0.3) is 16.7 Å². The molecule has 3 aromatic rings. The molecule has 0 bridgehead atoms. The average molecular weight is 439 g/mol. The summed E-state index contributed by atoms with van der Waals surface area (Å²) < 4.78 is 0. The predicted octanol–water partition coefficient (Wildman–Crippen LogP) is 3.73. The minimum absolute atomic E-state index is 0.0494. The first-order valence-corrected chi connectivity index (χ1v) is 10.7. The number of hydrogen-bond acceptors (Lipinski definition) is 6. The molecule has 0 atom stereocenters. The van der Waals surface area contributed by atoms with Gasteiger partial charge in [0, 0.05) is 47.8 Å². The van der Waals surface area contributed by atoms with E-state index in [1.807, 2.05) is 42.5 Å². The van der Waals surface area contributed by atoms with Crippen LogP contribution >= 0.6 is 0 Å². The van der Waals surface area contributed by atoms with E-state index in [0.717, 1.165) is 47.1 Å². The highest BCUT2D eigenvalue weighted by Gasteiger charge is 2.45. The van der Waals surface area contributed by atoms with E-state index in [0.29, 0.717) is 5.70 Å². The van der Waals surface area contributed by atoms with E-state index in [4.69, 9.17) is 11.5 Å². The van der Waals surface area contributed by atoms with Crippen LogP contribution in [0.5, 0.6) is 0 Å². The third-order valence-electron chi connectivity index (χ3n) is 6.00. The molecule has 0 aliphatic heterocycles. The molecule has 0 radical (unpaired) electrons. The number of carbonyl (C=O) groups excluding carboxylic acids is 1. The van der Waals surface area contributed by atoms with E-state index in [2.05, 4.69) is 26.8 Å². The zero-order chi connectivity index (χ0) is 23.3. The van der Waals surface area contributed by atoms with E-state index in [1.165, 1.54) is 6.20 Å². The van der Waals surface area contributed by atoms with Crippen molar-refractivity contribution in [2.75, 3.05) is 5.73 Å². The average Bonchev–Trinajstić information content (AvgIpc) is 2.80. The molecule has 1 fully saturated rings. The van der Waals surface area contributed by atoms with Gasteiger partial charge in [0.05, 0.1) is 5.41 Å². The summed E-state index contributed by atoms with van der Waals surface area (Å²) in [6.45, 7) is 3.99. The molecule has 33 heavy (non-hydrogen) atoms. The highest BCUT2D eigenvalue weighted by atomic mass is 16.2. The van der Waals surface area contributed by atoms with Crippen LogP contribution in [0, 0.1) is 0 Å². The Balaban J connectivity index is 1.46. The van der Waals surface area contributed by atoms with Crippen molar-refractivity contribution in [3.8, 4) is 11.1 Å². The Labute approximate surface area is 193 Å². The fourth-order valence-corrected chi connectivity index (χ4v) is 3.92. The lowest BCUT2D eigenvalue weighted by molar-refractivity contribution is -0.129. The quantitative estimate of drug-likeness (QED) is 0.484. The largest absolute Gasteiger partial charge is 0.404 e. The first-order valence-electron chi connectivity index (χ1n) is 10.7. The fraction of sp³-hybridized carbons (Fsp3) is 0.154. The van der Waals surface area contributed by atoms with Gasteiger partial charge in [-0.05, 0) is 41.7 Å². The zero-order valence-electron chi connectivity index (χ0n) is 18.2. The third-order valence-corrected chi connectivity index (χ3v) is 6.00. The summed E-state index contributed by atoms with van der Waals surface area (Å²) in [7, 11) is 0. The van der Waals surface area contributed by atoms with Crippen LogP contribution in [0.1, 0.15) is 30.4 Å². The molecule has 166 valence electrons. The van der Waals surface area contributed by atoms with Gasteiger partial charge in [-0.15, -0.1) is 0 Å². The van der Waals surface area contributed by atoms with Gasteiger partial charge in [0.2, 0.25) is 11.9 Å². The Morgan fingerprint density at radius 2 is 1.76 bits per heavy atom. The van der Waals surface area contributed by atoms with Crippen molar-refractivity contribution < 1.29 is 4.79 Å². The number of aromatic nitrogens is 3. The predicted molar refractivity (Wildman–Crippen MR) is 130 cm³/mol. The second-order valence-corrected chi connectivity index (χ2v) is 8.02. The Morgan fingerprint density at radius 1 is 1.03 bits per heavy atom. The maximum atomic E-state index is 13.2. The smallest absolute Gasteiger partial charge is 0.235 e. The number of anilines is 1. The molecule has 1 amide bonds. The van der Waals surface area contributed by atoms with Gasteiger partial charge in [-0.3, -0.25) is 9.78 Å². The van der Waals surface area contributed by atoms with Crippen molar-refractivity contribution in [1.82, 2.24) is 20.3 Å². The van der Waals surface area contributed by atoms with Crippen LogP contribution in [0.15, 0.2) is 91.8 Å². The van der Waals surface area contributed by atoms with Crippen LogP contribution in [-0.4, -0.2) is 20.9 Å².